The SMILES string of the molecule is CCCCCCSc1cnsn1. The molecule has 0 fully saturated rings. The molecule has 1 rings (SSSR count). The van der Waals surface area contributed by atoms with Crippen molar-refractivity contribution in [2.75, 3.05) is 5.75 Å². The number of hydrogen-bond donors (Lipinski definition) is 0. The third-order valence-electron chi connectivity index (χ3n) is 1.59. The fraction of sp³-hybridized carbons (Fsp3) is 0.750. The van der Waals surface area contributed by atoms with Gasteiger partial charge in [-0.2, -0.15) is 8.75 Å². The number of hydrogen-bond acceptors (Lipinski definition) is 4. The van der Waals surface area contributed by atoms with Crippen molar-refractivity contribution in [1.29, 1.82) is 0 Å². The first-order valence-corrected chi connectivity index (χ1v) is 6.05. The molecule has 1 heterocycles. The molecule has 0 bridgehead atoms. The fourth-order valence-electron chi connectivity index (χ4n) is 0.925. The molecule has 0 atom stereocenters. The summed E-state index contributed by atoms with van der Waals surface area (Å²) in [5.41, 5.74) is 0. The van der Waals surface area contributed by atoms with Crippen LogP contribution in [0.25, 0.3) is 0 Å². The van der Waals surface area contributed by atoms with E-state index in [0.29, 0.717) is 0 Å². The summed E-state index contributed by atoms with van der Waals surface area (Å²) >= 11 is 3.10. The second-order valence-corrected chi connectivity index (χ2v) is 4.33. The molecule has 0 unspecified atom stereocenters. The minimum absolute atomic E-state index is 1.08. The molecule has 0 saturated heterocycles. The Kier molecular flexibility index (Phi) is 5.35. The summed E-state index contributed by atoms with van der Waals surface area (Å²) < 4.78 is 8.07. The van der Waals surface area contributed by atoms with Crippen LogP contribution in [0, 0.1) is 0 Å². The lowest BCUT2D eigenvalue weighted by molar-refractivity contribution is 0.706. The van der Waals surface area contributed by atoms with Gasteiger partial charge >= 0.3 is 0 Å². The molecule has 4 heteroatoms. The molecule has 12 heavy (non-hydrogen) atoms. The zero-order valence-corrected chi connectivity index (χ0v) is 8.96. The molecule has 0 aromatic carbocycles. The van der Waals surface area contributed by atoms with Gasteiger partial charge in [0, 0.05) is 0 Å². The second kappa shape index (κ2) is 6.43. The number of nitrogens with zero attached hydrogens (tertiary/aromatic N) is 2. The molecule has 0 radical (unpaired) electrons. The van der Waals surface area contributed by atoms with Crippen LogP contribution in [0.4, 0.5) is 0 Å². The Morgan fingerprint density at radius 3 is 3.00 bits per heavy atom. The lowest BCUT2D eigenvalue weighted by atomic mass is 10.2. The lowest BCUT2D eigenvalue weighted by Gasteiger charge is -1.96. The molecule has 1 aromatic heterocycles. The molecule has 0 aliphatic rings. The smallest absolute Gasteiger partial charge is 0.130 e. The van der Waals surface area contributed by atoms with E-state index in [9.17, 15) is 0 Å². The van der Waals surface area contributed by atoms with E-state index in [2.05, 4.69) is 15.7 Å². The van der Waals surface area contributed by atoms with Gasteiger partial charge in [0.05, 0.1) is 17.9 Å². The summed E-state index contributed by atoms with van der Waals surface area (Å²) in [6.45, 7) is 2.23. The van der Waals surface area contributed by atoms with Crippen LogP contribution in [-0.2, 0) is 0 Å². The van der Waals surface area contributed by atoms with Crippen LogP contribution in [-0.4, -0.2) is 14.5 Å². The van der Waals surface area contributed by atoms with E-state index in [1.54, 1.807) is 0 Å². The third-order valence-corrected chi connectivity index (χ3v) is 3.17. The fourth-order valence-corrected chi connectivity index (χ4v) is 2.31. The van der Waals surface area contributed by atoms with Crippen LogP contribution in [0.5, 0.6) is 0 Å². The number of aromatic nitrogens is 2. The lowest BCUT2D eigenvalue weighted by Crippen LogP contribution is -1.80. The van der Waals surface area contributed by atoms with Crippen LogP contribution in [0.1, 0.15) is 32.6 Å². The Morgan fingerprint density at radius 2 is 2.33 bits per heavy atom. The van der Waals surface area contributed by atoms with E-state index in [1.165, 1.54) is 43.2 Å². The average molecular weight is 202 g/mol. The Labute approximate surface area is 82.1 Å². The first-order valence-electron chi connectivity index (χ1n) is 4.34. The van der Waals surface area contributed by atoms with Crippen molar-refractivity contribution in [2.24, 2.45) is 0 Å². The van der Waals surface area contributed by atoms with E-state index in [0.717, 1.165) is 5.03 Å². The Balaban J connectivity index is 1.96. The zero-order chi connectivity index (χ0) is 8.65. The van der Waals surface area contributed by atoms with Gasteiger partial charge < -0.3 is 0 Å². The second-order valence-electron chi connectivity index (χ2n) is 2.65. The van der Waals surface area contributed by atoms with Crippen LogP contribution in [0.2, 0.25) is 0 Å². The van der Waals surface area contributed by atoms with Crippen LogP contribution >= 0.6 is 23.5 Å². The summed E-state index contributed by atoms with van der Waals surface area (Å²) in [6.07, 6.45) is 7.16. The van der Waals surface area contributed by atoms with Crippen molar-refractivity contribution < 1.29 is 0 Å². The van der Waals surface area contributed by atoms with Gasteiger partial charge in [0.25, 0.3) is 0 Å². The third kappa shape index (κ3) is 4.07. The molecule has 0 saturated carbocycles. The van der Waals surface area contributed by atoms with Crippen molar-refractivity contribution in [1.82, 2.24) is 8.75 Å². The van der Waals surface area contributed by atoms with Crippen molar-refractivity contribution in [2.45, 2.75) is 37.6 Å². The maximum Gasteiger partial charge on any atom is 0.130 e. The maximum absolute atomic E-state index is 4.13. The Morgan fingerprint density at radius 1 is 1.42 bits per heavy atom. The molecule has 0 aliphatic carbocycles. The van der Waals surface area contributed by atoms with Crippen molar-refractivity contribution in [3.63, 3.8) is 0 Å². The van der Waals surface area contributed by atoms with Gasteiger partial charge in [0.15, 0.2) is 0 Å². The summed E-state index contributed by atoms with van der Waals surface area (Å²) in [5.74, 6) is 1.19. The highest BCUT2D eigenvalue weighted by molar-refractivity contribution is 7.99. The Hall–Kier alpha value is -0.0900. The largest absolute Gasteiger partial charge is 0.180 e. The zero-order valence-electron chi connectivity index (χ0n) is 7.32. The molecule has 0 amide bonds. The van der Waals surface area contributed by atoms with Gasteiger partial charge in [-0.1, -0.05) is 26.2 Å². The quantitative estimate of drug-likeness (QED) is 0.523. The van der Waals surface area contributed by atoms with E-state index in [4.69, 9.17) is 0 Å². The minimum Gasteiger partial charge on any atom is -0.180 e. The highest BCUT2D eigenvalue weighted by Crippen LogP contribution is 2.17. The molecule has 68 valence electrons. The number of thioether (sulfide) groups is 1. The molecule has 0 N–H and O–H groups in total. The average Bonchev–Trinajstić information content (AvgIpc) is 2.57. The van der Waals surface area contributed by atoms with Gasteiger partial charge in [-0.05, 0) is 12.2 Å². The monoisotopic (exact) mass is 202 g/mol. The van der Waals surface area contributed by atoms with Crippen molar-refractivity contribution in [3.05, 3.63) is 6.20 Å². The van der Waals surface area contributed by atoms with Gasteiger partial charge in [0.2, 0.25) is 0 Å². The predicted molar refractivity (Wildman–Crippen MR) is 54.8 cm³/mol. The van der Waals surface area contributed by atoms with Gasteiger partial charge in [-0.25, -0.2) is 0 Å². The van der Waals surface area contributed by atoms with E-state index >= 15 is 0 Å². The standard InChI is InChI=1S/C8H14N2S2/c1-2-3-4-5-6-11-8-7-9-12-10-8/h7H,2-6H2,1H3. The normalized spacial score (nSPS) is 10.4. The van der Waals surface area contributed by atoms with Crippen LogP contribution in [0.3, 0.4) is 0 Å². The van der Waals surface area contributed by atoms with E-state index in [-0.39, 0.29) is 0 Å². The van der Waals surface area contributed by atoms with E-state index < -0.39 is 0 Å². The molecule has 1 aromatic rings. The predicted octanol–water partition coefficient (Wildman–Crippen LogP) is 3.21. The number of unbranched alkanes of at least 4 members (excludes halogenated alkanes) is 3. The van der Waals surface area contributed by atoms with Crippen molar-refractivity contribution >= 4 is 23.5 Å². The summed E-state index contributed by atoms with van der Waals surface area (Å²) in [4.78, 5) is 0. The summed E-state index contributed by atoms with van der Waals surface area (Å²) in [5, 5.41) is 1.08. The number of rotatable bonds is 6. The molecule has 0 spiro atoms. The topological polar surface area (TPSA) is 25.8 Å². The van der Waals surface area contributed by atoms with Crippen molar-refractivity contribution in [3.8, 4) is 0 Å². The molecular formula is C8H14N2S2. The van der Waals surface area contributed by atoms with Crippen LogP contribution in [0.15, 0.2) is 11.2 Å². The summed E-state index contributed by atoms with van der Waals surface area (Å²) in [6, 6.07) is 0. The first kappa shape index (κ1) is 9.99. The summed E-state index contributed by atoms with van der Waals surface area (Å²) in [7, 11) is 0. The highest BCUT2D eigenvalue weighted by atomic mass is 32.2. The minimum atomic E-state index is 1.08. The van der Waals surface area contributed by atoms with Gasteiger partial charge in [-0.3, -0.25) is 0 Å². The van der Waals surface area contributed by atoms with Gasteiger partial charge in [-0.15, -0.1) is 11.8 Å². The highest BCUT2D eigenvalue weighted by Gasteiger charge is 1.95. The van der Waals surface area contributed by atoms with E-state index in [1.807, 2.05) is 18.0 Å². The molecule has 2 nitrogen and oxygen atoms in total. The molecule has 0 aliphatic heterocycles. The van der Waals surface area contributed by atoms with Crippen LogP contribution < -0.4 is 0 Å². The van der Waals surface area contributed by atoms with Gasteiger partial charge in [0.1, 0.15) is 5.03 Å². The molecular weight excluding hydrogens is 188 g/mol. The first-order chi connectivity index (χ1) is 5.93. The Bertz CT molecular complexity index is 187. The maximum atomic E-state index is 4.13.